The van der Waals surface area contributed by atoms with Crippen LogP contribution in [0.5, 0.6) is 0 Å². The number of rotatable bonds is 2. The standard InChI is InChI=1S/C12H9BrFNO2S/c1-18(16,17)10-4-2-8(3-5-10)11-6-9(14)7-12(13)15-11/h2-7H,1H3. The molecule has 0 amide bonds. The number of hydrogen-bond acceptors (Lipinski definition) is 3. The fourth-order valence-corrected chi connectivity index (χ4v) is 2.53. The van der Waals surface area contributed by atoms with E-state index in [2.05, 4.69) is 20.9 Å². The highest BCUT2D eigenvalue weighted by Crippen LogP contribution is 2.22. The van der Waals surface area contributed by atoms with E-state index < -0.39 is 15.7 Å². The molecule has 0 atom stereocenters. The first kappa shape index (κ1) is 13.2. The number of pyridine rings is 1. The predicted molar refractivity (Wildman–Crippen MR) is 70.4 cm³/mol. The van der Waals surface area contributed by atoms with Crippen molar-refractivity contribution in [1.29, 1.82) is 0 Å². The van der Waals surface area contributed by atoms with E-state index in [0.717, 1.165) is 6.26 Å². The lowest BCUT2D eigenvalue weighted by molar-refractivity contribution is 0.602. The zero-order chi connectivity index (χ0) is 13.3. The van der Waals surface area contributed by atoms with Crippen molar-refractivity contribution in [1.82, 2.24) is 4.98 Å². The fourth-order valence-electron chi connectivity index (χ4n) is 1.49. The van der Waals surface area contributed by atoms with Crippen LogP contribution in [0.2, 0.25) is 0 Å². The molecule has 0 saturated carbocycles. The van der Waals surface area contributed by atoms with Crippen molar-refractivity contribution in [2.45, 2.75) is 4.90 Å². The van der Waals surface area contributed by atoms with E-state index >= 15 is 0 Å². The molecule has 0 fully saturated rings. The summed E-state index contributed by atoms with van der Waals surface area (Å²) in [4.78, 5) is 4.35. The summed E-state index contributed by atoms with van der Waals surface area (Å²) < 4.78 is 36.2. The Hall–Kier alpha value is -1.27. The second kappa shape index (κ2) is 4.78. The predicted octanol–water partition coefficient (Wildman–Crippen LogP) is 3.05. The second-order valence-corrected chi connectivity index (χ2v) is 6.62. The molecular weight excluding hydrogens is 321 g/mol. The van der Waals surface area contributed by atoms with Gasteiger partial charge in [-0.1, -0.05) is 12.1 Å². The molecule has 0 aliphatic rings. The summed E-state index contributed by atoms with van der Waals surface area (Å²) in [6.07, 6.45) is 1.14. The molecule has 6 heteroatoms. The quantitative estimate of drug-likeness (QED) is 0.795. The van der Waals surface area contributed by atoms with Gasteiger partial charge < -0.3 is 0 Å². The monoisotopic (exact) mass is 329 g/mol. The highest BCUT2D eigenvalue weighted by molar-refractivity contribution is 9.10. The minimum absolute atomic E-state index is 0.224. The Kier molecular flexibility index (Phi) is 3.49. The lowest BCUT2D eigenvalue weighted by Crippen LogP contribution is -1.96. The van der Waals surface area contributed by atoms with Crippen molar-refractivity contribution in [3.8, 4) is 11.3 Å². The van der Waals surface area contributed by atoms with Crippen LogP contribution >= 0.6 is 15.9 Å². The first-order chi connectivity index (χ1) is 8.36. The number of nitrogens with zero attached hydrogens (tertiary/aromatic N) is 1. The molecule has 2 rings (SSSR count). The van der Waals surface area contributed by atoms with Gasteiger partial charge in [0.25, 0.3) is 0 Å². The van der Waals surface area contributed by atoms with Crippen LogP contribution in [0.3, 0.4) is 0 Å². The van der Waals surface area contributed by atoms with Gasteiger partial charge in [0, 0.05) is 24.0 Å². The molecule has 3 nitrogen and oxygen atoms in total. The summed E-state index contributed by atoms with van der Waals surface area (Å²) >= 11 is 3.11. The zero-order valence-electron chi connectivity index (χ0n) is 9.39. The molecular formula is C12H9BrFNO2S. The van der Waals surface area contributed by atoms with Crippen LogP contribution in [0.25, 0.3) is 11.3 Å². The summed E-state index contributed by atoms with van der Waals surface area (Å²) in [6, 6.07) is 8.71. The van der Waals surface area contributed by atoms with Gasteiger partial charge in [-0.3, -0.25) is 0 Å². The Bertz CT molecular complexity index is 663. The fraction of sp³-hybridized carbons (Fsp3) is 0.0833. The van der Waals surface area contributed by atoms with Crippen LogP contribution in [-0.4, -0.2) is 19.7 Å². The second-order valence-electron chi connectivity index (χ2n) is 3.79. The molecule has 0 spiro atoms. The number of hydrogen-bond donors (Lipinski definition) is 0. The van der Waals surface area contributed by atoms with Gasteiger partial charge in [-0.15, -0.1) is 0 Å². The smallest absolute Gasteiger partial charge is 0.175 e. The maximum absolute atomic E-state index is 13.2. The van der Waals surface area contributed by atoms with Crippen molar-refractivity contribution in [3.05, 3.63) is 46.8 Å². The molecule has 0 aliphatic heterocycles. The Morgan fingerprint density at radius 1 is 1.17 bits per heavy atom. The molecule has 1 aromatic carbocycles. The van der Waals surface area contributed by atoms with Crippen LogP contribution < -0.4 is 0 Å². The Labute approximate surface area is 113 Å². The Balaban J connectivity index is 2.46. The van der Waals surface area contributed by atoms with E-state index in [4.69, 9.17) is 0 Å². The third-order valence-electron chi connectivity index (χ3n) is 2.34. The van der Waals surface area contributed by atoms with Gasteiger partial charge in [-0.25, -0.2) is 17.8 Å². The number of aromatic nitrogens is 1. The van der Waals surface area contributed by atoms with E-state index in [1.165, 1.54) is 24.3 Å². The third kappa shape index (κ3) is 2.94. The van der Waals surface area contributed by atoms with Gasteiger partial charge in [0.1, 0.15) is 10.4 Å². The topological polar surface area (TPSA) is 47.0 Å². The summed E-state index contributed by atoms with van der Waals surface area (Å²) in [7, 11) is -3.22. The van der Waals surface area contributed by atoms with Gasteiger partial charge in [0.2, 0.25) is 0 Å². The van der Waals surface area contributed by atoms with Gasteiger partial charge >= 0.3 is 0 Å². The van der Waals surface area contributed by atoms with Gasteiger partial charge in [-0.05, 0) is 28.1 Å². The van der Waals surface area contributed by atoms with Crippen molar-refractivity contribution in [2.75, 3.05) is 6.26 Å². The van der Waals surface area contributed by atoms with Crippen LogP contribution in [0.1, 0.15) is 0 Å². The van der Waals surface area contributed by atoms with E-state index in [1.54, 1.807) is 12.1 Å². The maximum Gasteiger partial charge on any atom is 0.175 e. The summed E-state index contributed by atoms with van der Waals surface area (Å²) in [5.74, 6) is -0.404. The van der Waals surface area contributed by atoms with Crippen molar-refractivity contribution >= 4 is 25.8 Å². The van der Waals surface area contributed by atoms with E-state index in [9.17, 15) is 12.8 Å². The first-order valence-electron chi connectivity index (χ1n) is 5.00. The van der Waals surface area contributed by atoms with Crippen LogP contribution in [-0.2, 0) is 9.84 Å². The molecule has 2 aromatic rings. The molecule has 1 aromatic heterocycles. The van der Waals surface area contributed by atoms with Gasteiger partial charge in [-0.2, -0.15) is 0 Å². The average molecular weight is 330 g/mol. The lowest BCUT2D eigenvalue weighted by atomic mass is 10.1. The Morgan fingerprint density at radius 2 is 1.78 bits per heavy atom. The summed E-state index contributed by atoms with van der Waals surface area (Å²) in [6.45, 7) is 0. The van der Waals surface area contributed by atoms with Crippen molar-refractivity contribution in [2.24, 2.45) is 0 Å². The summed E-state index contributed by atoms with van der Waals surface area (Å²) in [5, 5.41) is 0. The van der Waals surface area contributed by atoms with Crippen molar-refractivity contribution in [3.63, 3.8) is 0 Å². The molecule has 18 heavy (non-hydrogen) atoms. The molecule has 0 unspecified atom stereocenters. The highest BCUT2D eigenvalue weighted by Gasteiger charge is 2.08. The van der Waals surface area contributed by atoms with Crippen LogP contribution in [0.4, 0.5) is 4.39 Å². The molecule has 0 saturated heterocycles. The van der Waals surface area contributed by atoms with E-state index in [0.29, 0.717) is 15.9 Å². The first-order valence-corrected chi connectivity index (χ1v) is 7.68. The van der Waals surface area contributed by atoms with Gasteiger partial charge in [0.15, 0.2) is 9.84 Å². The summed E-state index contributed by atoms with van der Waals surface area (Å²) in [5.41, 5.74) is 1.10. The van der Waals surface area contributed by atoms with Crippen LogP contribution in [0.15, 0.2) is 45.9 Å². The van der Waals surface area contributed by atoms with E-state index in [-0.39, 0.29) is 4.90 Å². The zero-order valence-corrected chi connectivity index (χ0v) is 11.8. The third-order valence-corrected chi connectivity index (χ3v) is 3.87. The van der Waals surface area contributed by atoms with E-state index in [1.807, 2.05) is 0 Å². The van der Waals surface area contributed by atoms with Crippen molar-refractivity contribution < 1.29 is 12.8 Å². The molecule has 0 N–H and O–H groups in total. The maximum atomic E-state index is 13.2. The largest absolute Gasteiger partial charge is 0.241 e. The molecule has 94 valence electrons. The Morgan fingerprint density at radius 3 is 2.28 bits per heavy atom. The minimum Gasteiger partial charge on any atom is -0.241 e. The van der Waals surface area contributed by atoms with Gasteiger partial charge in [0.05, 0.1) is 10.6 Å². The molecule has 0 radical (unpaired) electrons. The number of benzene rings is 1. The normalized spacial score (nSPS) is 11.5. The molecule has 0 bridgehead atoms. The highest BCUT2D eigenvalue weighted by atomic mass is 79.9. The lowest BCUT2D eigenvalue weighted by Gasteiger charge is -2.03. The molecule has 0 aliphatic carbocycles. The molecule has 1 heterocycles. The van der Waals surface area contributed by atoms with Crippen LogP contribution in [0, 0.1) is 5.82 Å². The average Bonchev–Trinajstić information content (AvgIpc) is 2.27. The SMILES string of the molecule is CS(=O)(=O)c1ccc(-c2cc(F)cc(Br)n2)cc1. The number of sulfone groups is 1. The minimum atomic E-state index is -3.22. The number of halogens is 2.